The number of nitrogens with zero attached hydrogens (tertiary/aromatic N) is 3. The summed E-state index contributed by atoms with van der Waals surface area (Å²) < 4.78 is 57.9. The van der Waals surface area contributed by atoms with Crippen molar-refractivity contribution in [1.82, 2.24) is 19.3 Å². The van der Waals surface area contributed by atoms with Gasteiger partial charge in [-0.05, 0) is 48.9 Å². The molecule has 1 fully saturated rings. The first-order valence-electron chi connectivity index (χ1n) is 13.7. The quantitative estimate of drug-likeness (QED) is 0.188. The third-order valence-electron chi connectivity index (χ3n) is 7.48. The highest BCUT2D eigenvalue weighted by molar-refractivity contribution is 7.90. The molecule has 9 nitrogen and oxygen atoms in total. The largest absolute Gasteiger partial charge is 0.399 e. The molecule has 3 aromatic carbocycles. The molecule has 0 aliphatic heterocycles. The van der Waals surface area contributed by atoms with Gasteiger partial charge >= 0.3 is 0 Å². The topological polar surface area (TPSA) is 132 Å². The van der Waals surface area contributed by atoms with Crippen molar-refractivity contribution in [2.45, 2.75) is 42.2 Å². The number of amides is 1. The van der Waals surface area contributed by atoms with Crippen molar-refractivity contribution < 1.29 is 22.0 Å². The van der Waals surface area contributed by atoms with E-state index in [4.69, 9.17) is 17.3 Å². The van der Waals surface area contributed by atoms with Gasteiger partial charge in [0.1, 0.15) is 0 Å². The highest BCUT2D eigenvalue weighted by Crippen LogP contribution is 2.37. The number of rotatable bonds is 7. The predicted octanol–water partition coefficient (Wildman–Crippen LogP) is 5.97. The first kappa shape index (κ1) is 29.5. The Balaban J connectivity index is 1.29. The molecule has 2 aromatic heterocycles. The number of carbonyl (C=O) groups is 1. The van der Waals surface area contributed by atoms with Crippen molar-refractivity contribution in [2.75, 3.05) is 11.1 Å². The molecule has 4 N–H and O–H groups in total. The van der Waals surface area contributed by atoms with Gasteiger partial charge in [-0.1, -0.05) is 48.0 Å². The van der Waals surface area contributed by atoms with E-state index >= 15 is 0 Å². The maximum Gasteiger partial charge on any atom is 0.268 e. The van der Waals surface area contributed by atoms with Gasteiger partial charge in [0.2, 0.25) is 5.95 Å². The fourth-order valence-electron chi connectivity index (χ4n) is 5.49. The number of para-hydroxylation sites is 1. The van der Waals surface area contributed by atoms with E-state index in [1.807, 2.05) is 0 Å². The van der Waals surface area contributed by atoms with E-state index in [9.17, 15) is 22.0 Å². The van der Waals surface area contributed by atoms with Gasteiger partial charge in [-0.15, -0.1) is 0 Å². The Kier molecular flexibility index (Phi) is 7.72. The van der Waals surface area contributed by atoms with E-state index in [1.54, 1.807) is 54.6 Å². The monoisotopic (exact) mass is 636 g/mol. The highest BCUT2D eigenvalue weighted by Gasteiger charge is 2.42. The van der Waals surface area contributed by atoms with Gasteiger partial charge in [0.25, 0.3) is 21.9 Å². The molecule has 1 saturated carbocycles. The summed E-state index contributed by atoms with van der Waals surface area (Å²) in [5.41, 5.74) is 7.56. The number of carbonyl (C=O) groups excluding carboxylic acids is 1. The highest BCUT2D eigenvalue weighted by atomic mass is 35.5. The van der Waals surface area contributed by atoms with E-state index < -0.39 is 46.8 Å². The molecule has 13 heteroatoms. The molecule has 0 bridgehead atoms. The molecule has 2 atom stereocenters. The Bertz CT molecular complexity index is 1950. The Morgan fingerprint density at radius 1 is 0.977 bits per heavy atom. The standard InChI is InChI=1S/C31H27ClF2N6O3S/c32-26-17-36-30(38-22-14-21(15-31(33,34)16-22)37-29(41)19-10-12-20(35)13-11-19)39-28(26)25-18-40(27-9-5-4-8-24(25)27)44(42,43)23-6-2-1-3-7-23/h1-13,17-18,21-22H,14-16,35H2,(H,37,41)(H,36,38,39). The van der Waals surface area contributed by atoms with Crippen LogP contribution in [0.3, 0.4) is 0 Å². The summed E-state index contributed by atoms with van der Waals surface area (Å²) in [6.45, 7) is 0. The number of halogens is 3. The van der Waals surface area contributed by atoms with Gasteiger partial charge in [-0.2, -0.15) is 0 Å². The van der Waals surface area contributed by atoms with Gasteiger partial charge in [0.15, 0.2) is 0 Å². The lowest BCUT2D eigenvalue weighted by atomic mass is 9.87. The normalized spacial score (nSPS) is 18.2. The summed E-state index contributed by atoms with van der Waals surface area (Å²) in [5, 5.41) is 6.41. The number of hydrogen-bond donors (Lipinski definition) is 3. The van der Waals surface area contributed by atoms with Crippen LogP contribution in [0.15, 0.2) is 96.2 Å². The number of fused-ring (bicyclic) bond motifs is 1. The average Bonchev–Trinajstić information content (AvgIpc) is 3.38. The van der Waals surface area contributed by atoms with Gasteiger partial charge in [-0.3, -0.25) is 4.79 Å². The van der Waals surface area contributed by atoms with Crippen LogP contribution in [-0.4, -0.2) is 46.3 Å². The van der Waals surface area contributed by atoms with Crippen LogP contribution in [0.2, 0.25) is 5.02 Å². The average molecular weight is 637 g/mol. The lowest BCUT2D eigenvalue weighted by Crippen LogP contribution is -2.48. The molecule has 1 aliphatic carbocycles. The summed E-state index contributed by atoms with van der Waals surface area (Å²) in [5.74, 6) is -3.49. The van der Waals surface area contributed by atoms with E-state index in [1.165, 1.54) is 40.6 Å². The van der Waals surface area contributed by atoms with Crippen LogP contribution in [-0.2, 0) is 10.0 Å². The second kappa shape index (κ2) is 11.5. The lowest BCUT2D eigenvalue weighted by molar-refractivity contribution is -0.0467. The number of anilines is 2. The van der Waals surface area contributed by atoms with Gasteiger partial charge < -0.3 is 16.4 Å². The van der Waals surface area contributed by atoms with Crippen molar-refractivity contribution in [3.8, 4) is 11.3 Å². The van der Waals surface area contributed by atoms with Crippen LogP contribution in [0, 0.1) is 0 Å². The molecule has 0 radical (unpaired) electrons. The van der Waals surface area contributed by atoms with E-state index in [2.05, 4.69) is 20.6 Å². The number of aromatic nitrogens is 3. The lowest BCUT2D eigenvalue weighted by Gasteiger charge is -2.35. The summed E-state index contributed by atoms with van der Waals surface area (Å²) in [6.07, 6.45) is 1.99. The molecule has 6 rings (SSSR count). The fourth-order valence-corrected chi connectivity index (χ4v) is 7.07. The van der Waals surface area contributed by atoms with Crippen molar-refractivity contribution in [2.24, 2.45) is 0 Å². The molecular weight excluding hydrogens is 610 g/mol. The Labute approximate surface area is 257 Å². The molecule has 44 heavy (non-hydrogen) atoms. The van der Waals surface area contributed by atoms with E-state index in [-0.39, 0.29) is 28.0 Å². The van der Waals surface area contributed by atoms with Crippen LogP contribution in [0.4, 0.5) is 20.4 Å². The molecule has 1 amide bonds. The van der Waals surface area contributed by atoms with Crippen LogP contribution >= 0.6 is 11.6 Å². The number of nitrogens with one attached hydrogen (secondary N) is 2. The van der Waals surface area contributed by atoms with Crippen molar-refractivity contribution in [1.29, 1.82) is 0 Å². The molecule has 2 unspecified atom stereocenters. The second-order valence-corrected chi connectivity index (χ2v) is 12.9. The zero-order valence-corrected chi connectivity index (χ0v) is 24.7. The molecule has 5 aromatic rings. The first-order valence-corrected chi connectivity index (χ1v) is 15.6. The number of alkyl halides is 2. The first-order chi connectivity index (χ1) is 21.0. The smallest absolute Gasteiger partial charge is 0.268 e. The van der Waals surface area contributed by atoms with Gasteiger partial charge in [-0.25, -0.2) is 31.1 Å². The summed E-state index contributed by atoms with van der Waals surface area (Å²) in [6, 6.07) is 19.6. The number of hydrogen-bond acceptors (Lipinski definition) is 7. The number of nitrogens with two attached hydrogens (primary N) is 1. The summed E-state index contributed by atoms with van der Waals surface area (Å²) in [7, 11) is -3.96. The Hall–Kier alpha value is -4.55. The van der Waals surface area contributed by atoms with Crippen LogP contribution < -0.4 is 16.4 Å². The zero-order chi connectivity index (χ0) is 31.1. The molecule has 2 heterocycles. The zero-order valence-electron chi connectivity index (χ0n) is 23.1. The Morgan fingerprint density at radius 2 is 1.66 bits per heavy atom. The fraction of sp³-hybridized carbons (Fsp3) is 0.194. The summed E-state index contributed by atoms with van der Waals surface area (Å²) in [4.78, 5) is 21.6. The number of nitrogen functional groups attached to an aromatic ring is 1. The molecule has 0 spiro atoms. The summed E-state index contributed by atoms with van der Waals surface area (Å²) >= 11 is 6.52. The van der Waals surface area contributed by atoms with E-state index in [0.29, 0.717) is 27.7 Å². The van der Waals surface area contributed by atoms with Crippen LogP contribution in [0.1, 0.15) is 29.6 Å². The number of benzene rings is 3. The third-order valence-corrected chi connectivity index (χ3v) is 9.44. The molecule has 226 valence electrons. The van der Waals surface area contributed by atoms with Crippen molar-refractivity contribution in [3.05, 3.63) is 102 Å². The van der Waals surface area contributed by atoms with Gasteiger partial charge in [0.05, 0.1) is 27.3 Å². The van der Waals surface area contributed by atoms with E-state index in [0.717, 1.165) is 0 Å². The SMILES string of the molecule is Nc1ccc(C(=O)NC2CC(Nc3ncc(Cl)c(-c4cn(S(=O)(=O)c5ccccc5)c5ccccc45)n3)CC(F)(F)C2)cc1. The second-order valence-electron chi connectivity index (χ2n) is 10.7. The minimum atomic E-state index is -3.96. The molecule has 0 saturated heterocycles. The third kappa shape index (κ3) is 5.95. The minimum Gasteiger partial charge on any atom is -0.399 e. The predicted molar refractivity (Wildman–Crippen MR) is 165 cm³/mol. The van der Waals surface area contributed by atoms with Gasteiger partial charge in [0, 0.05) is 53.3 Å². The van der Waals surface area contributed by atoms with Crippen LogP contribution in [0.25, 0.3) is 22.2 Å². The molecule has 1 aliphatic rings. The van der Waals surface area contributed by atoms with Crippen molar-refractivity contribution >= 4 is 50.1 Å². The van der Waals surface area contributed by atoms with Crippen LogP contribution in [0.5, 0.6) is 0 Å². The Morgan fingerprint density at radius 3 is 2.41 bits per heavy atom. The minimum absolute atomic E-state index is 0.0402. The van der Waals surface area contributed by atoms with Crippen molar-refractivity contribution in [3.63, 3.8) is 0 Å². The molecular formula is C31H27ClF2N6O3S. The maximum atomic E-state index is 14.8. The maximum absolute atomic E-state index is 14.8.